The summed E-state index contributed by atoms with van der Waals surface area (Å²) in [6.07, 6.45) is -0.155. The fourth-order valence-electron chi connectivity index (χ4n) is 2.33. The van der Waals surface area contributed by atoms with Crippen LogP contribution in [0.25, 0.3) is 0 Å². The quantitative estimate of drug-likeness (QED) is 0.944. The van der Waals surface area contributed by atoms with Crippen LogP contribution < -0.4 is 10.1 Å². The summed E-state index contributed by atoms with van der Waals surface area (Å²) >= 11 is 0. The fraction of sp³-hybridized carbons (Fsp3) is 0.222. The number of nitrogens with zero attached hydrogens (tertiary/aromatic N) is 1. The highest BCUT2D eigenvalue weighted by molar-refractivity contribution is 6.06. The molecule has 0 radical (unpaired) electrons. The van der Waals surface area contributed by atoms with Crippen molar-refractivity contribution < 1.29 is 14.4 Å². The van der Waals surface area contributed by atoms with Gasteiger partial charge in [0.15, 0.2) is 0 Å². The SMILES string of the molecule is COc1ccc(C2=NOC(C(=O)Nc3ccc(C)cc3)C2)cc1. The molecule has 5 nitrogen and oxygen atoms in total. The highest BCUT2D eigenvalue weighted by atomic mass is 16.6. The lowest BCUT2D eigenvalue weighted by Gasteiger charge is -2.09. The lowest BCUT2D eigenvalue weighted by atomic mass is 10.0. The zero-order chi connectivity index (χ0) is 16.2. The molecule has 118 valence electrons. The largest absolute Gasteiger partial charge is 0.497 e. The molecule has 5 heteroatoms. The summed E-state index contributed by atoms with van der Waals surface area (Å²) in [5, 5.41) is 6.88. The monoisotopic (exact) mass is 310 g/mol. The van der Waals surface area contributed by atoms with E-state index >= 15 is 0 Å². The van der Waals surface area contributed by atoms with Crippen molar-refractivity contribution in [2.24, 2.45) is 5.16 Å². The van der Waals surface area contributed by atoms with Crippen molar-refractivity contribution in [1.29, 1.82) is 0 Å². The Bertz CT molecular complexity index is 721. The first-order valence-electron chi connectivity index (χ1n) is 7.40. The van der Waals surface area contributed by atoms with Gasteiger partial charge in [0.1, 0.15) is 5.75 Å². The average molecular weight is 310 g/mol. The van der Waals surface area contributed by atoms with Crippen LogP contribution >= 0.6 is 0 Å². The predicted octanol–water partition coefficient (Wildman–Crippen LogP) is 3.14. The van der Waals surface area contributed by atoms with Crippen molar-refractivity contribution in [2.45, 2.75) is 19.4 Å². The average Bonchev–Trinajstić information content (AvgIpc) is 3.07. The second kappa shape index (κ2) is 6.52. The highest BCUT2D eigenvalue weighted by Gasteiger charge is 2.28. The Morgan fingerprint density at radius 3 is 2.52 bits per heavy atom. The van der Waals surface area contributed by atoms with Crippen LogP contribution in [-0.4, -0.2) is 24.8 Å². The number of benzene rings is 2. The normalized spacial score (nSPS) is 16.4. The van der Waals surface area contributed by atoms with Gasteiger partial charge in [0.2, 0.25) is 6.10 Å². The second-order valence-electron chi connectivity index (χ2n) is 5.42. The minimum absolute atomic E-state index is 0.193. The van der Waals surface area contributed by atoms with Gasteiger partial charge in [-0.3, -0.25) is 4.79 Å². The van der Waals surface area contributed by atoms with Gasteiger partial charge < -0.3 is 14.9 Å². The number of hydrogen-bond acceptors (Lipinski definition) is 4. The van der Waals surface area contributed by atoms with E-state index in [2.05, 4.69) is 10.5 Å². The van der Waals surface area contributed by atoms with E-state index in [0.29, 0.717) is 6.42 Å². The maximum atomic E-state index is 12.2. The zero-order valence-electron chi connectivity index (χ0n) is 13.1. The van der Waals surface area contributed by atoms with Crippen molar-refractivity contribution >= 4 is 17.3 Å². The van der Waals surface area contributed by atoms with E-state index in [0.717, 1.165) is 28.3 Å². The first-order valence-corrected chi connectivity index (χ1v) is 7.40. The van der Waals surface area contributed by atoms with Crippen LogP contribution in [0.5, 0.6) is 5.75 Å². The molecule has 1 amide bonds. The third kappa shape index (κ3) is 3.51. The number of nitrogens with one attached hydrogen (secondary N) is 1. The smallest absolute Gasteiger partial charge is 0.268 e. The summed E-state index contributed by atoms with van der Waals surface area (Å²) in [5.74, 6) is 0.586. The van der Waals surface area contributed by atoms with Crippen molar-refractivity contribution in [3.63, 3.8) is 0 Å². The van der Waals surface area contributed by atoms with Crippen molar-refractivity contribution in [3.05, 3.63) is 59.7 Å². The minimum Gasteiger partial charge on any atom is -0.497 e. The first-order chi connectivity index (χ1) is 11.2. The van der Waals surface area contributed by atoms with Gasteiger partial charge in [-0.15, -0.1) is 0 Å². The topological polar surface area (TPSA) is 59.9 Å². The Morgan fingerprint density at radius 1 is 1.17 bits per heavy atom. The maximum absolute atomic E-state index is 12.2. The molecule has 0 aromatic heterocycles. The van der Waals surface area contributed by atoms with E-state index in [4.69, 9.17) is 9.57 Å². The summed E-state index contributed by atoms with van der Waals surface area (Å²) < 4.78 is 5.13. The van der Waals surface area contributed by atoms with E-state index in [1.54, 1.807) is 7.11 Å². The molecule has 1 heterocycles. The Morgan fingerprint density at radius 2 is 1.87 bits per heavy atom. The van der Waals surface area contributed by atoms with Crippen molar-refractivity contribution in [2.75, 3.05) is 12.4 Å². The maximum Gasteiger partial charge on any atom is 0.268 e. The van der Waals surface area contributed by atoms with Gasteiger partial charge >= 0.3 is 0 Å². The number of ether oxygens (including phenoxy) is 1. The van der Waals surface area contributed by atoms with Crippen molar-refractivity contribution in [3.8, 4) is 5.75 Å². The lowest BCUT2D eigenvalue weighted by molar-refractivity contribution is -0.125. The van der Waals surface area contributed by atoms with E-state index in [1.165, 1.54) is 0 Å². The van der Waals surface area contributed by atoms with E-state index < -0.39 is 6.10 Å². The van der Waals surface area contributed by atoms with Gasteiger partial charge in [-0.1, -0.05) is 22.9 Å². The van der Waals surface area contributed by atoms with Crippen LogP contribution in [0.1, 0.15) is 17.5 Å². The summed E-state index contributed by atoms with van der Waals surface area (Å²) in [6.45, 7) is 2.00. The number of carbonyl (C=O) groups is 1. The molecule has 1 atom stereocenters. The molecule has 1 aliphatic rings. The van der Waals surface area contributed by atoms with E-state index in [1.807, 2.05) is 55.5 Å². The van der Waals surface area contributed by atoms with Gasteiger partial charge in [0.25, 0.3) is 5.91 Å². The standard InChI is InChI=1S/C18H18N2O3/c1-12-3-7-14(8-4-12)19-18(21)17-11-16(20-23-17)13-5-9-15(22-2)10-6-13/h3-10,17H,11H2,1-2H3,(H,19,21). The van der Waals surface area contributed by atoms with Gasteiger partial charge in [-0.2, -0.15) is 0 Å². The Labute approximate surface area is 134 Å². The number of aryl methyl sites for hydroxylation is 1. The van der Waals surface area contributed by atoms with Crippen LogP contribution in [0.2, 0.25) is 0 Å². The molecule has 1 aliphatic heterocycles. The molecule has 0 saturated heterocycles. The molecule has 0 saturated carbocycles. The molecule has 0 bridgehead atoms. The van der Waals surface area contributed by atoms with Crippen molar-refractivity contribution in [1.82, 2.24) is 0 Å². The van der Waals surface area contributed by atoms with Gasteiger partial charge in [0, 0.05) is 12.1 Å². The number of anilines is 1. The van der Waals surface area contributed by atoms with Crippen LogP contribution in [0.3, 0.4) is 0 Å². The summed E-state index contributed by atoms with van der Waals surface area (Å²) in [5.41, 5.74) is 3.58. The first kappa shape index (κ1) is 15.1. The second-order valence-corrected chi connectivity index (χ2v) is 5.42. The number of rotatable bonds is 4. The summed E-state index contributed by atoms with van der Waals surface area (Å²) in [4.78, 5) is 17.5. The molecule has 23 heavy (non-hydrogen) atoms. The molecule has 2 aromatic rings. The van der Waals surface area contributed by atoms with Gasteiger partial charge in [-0.05, 0) is 48.9 Å². The molecule has 0 spiro atoms. The van der Waals surface area contributed by atoms with Gasteiger partial charge in [0.05, 0.1) is 12.8 Å². The van der Waals surface area contributed by atoms with Crippen LogP contribution in [0.15, 0.2) is 53.7 Å². The number of amides is 1. The number of carbonyl (C=O) groups excluding carboxylic acids is 1. The molecule has 0 aliphatic carbocycles. The zero-order valence-corrected chi connectivity index (χ0v) is 13.1. The Hall–Kier alpha value is -2.82. The third-order valence-corrected chi connectivity index (χ3v) is 3.70. The number of oxime groups is 1. The van der Waals surface area contributed by atoms with E-state index in [-0.39, 0.29) is 5.91 Å². The number of hydrogen-bond donors (Lipinski definition) is 1. The molecule has 3 rings (SSSR count). The van der Waals surface area contributed by atoms with Crippen LogP contribution in [0.4, 0.5) is 5.69 Å². The molecule has 1 unspecified atom stereocenters. The third-order valence-electron chi connectivity index (χ3n) is 3.70. The molecule has 2 aromatic carbocycles. The summed E-state index contributed by atoms with van der Waals surface area (Å²) in [7, 11) is 1.62. The minimum atomic E-state index is -0.603. The molecular weight excluding hydrogens is 292 g/mol. The Balaban J connectivity index is 1.61. The predicted molar refractivity (Wildman–Crippen MR) is 88.8 cm³/mol. The molecule has 0 fully saturated rings. The number of methoxy groups -OCH3 is 1. The van der Waals surface area contributed by atoms with Gasteiger partial charge in [-0.25, -0.2) is 0 Å². The fourth-order valence-corrected chi connectivity index (χ4v) is 2.33. The molecular formula is C18H18N2O3. The lowest BCUT2D eigenvalue weighted by Crippen LogP contribution is -2.28. The van der Waals surface area contributed by atoms with E-state index in [9.17, 15) is 4.79 Å². The summed E-state index contributed by atoms with van der Waals surface area (Å²) in [6, 6.07) is 15.2. The molecule has 1 N–H and O–H groups in total. The highest BCUT2D eigenvalue weighted by Crippen LogP contribution is 2.20. The van der Waals surface area contributed by atoms with Crippen LogP contribution in [-0.2, 0) is 9.63 Å². The van der Waals surface area contributed by atoms with Crippen LogP contribution in [0, 0.1) is 6.92 Å². The Kier molecular flexibility index (Phi) is 4.28.